The molecule has 0 bridgehead atoms. The first-order chi connectivity index (χ1) is 5.36. The van der Waals surface area contributed by atoms with Crippen molar-refractivity contribution in [1.82, 2.24) is 10.4 Å². The van der Waals surface area contributed by atoms with Crippen LogP contribution in [-0.2, 0) is 0 Å². The highest BCUT2D eigenvalue weighted by Gasteiger charge is 2.08. The molecule has 0 fully saturated rings. The maximum Gasteiger partial charge on any atom is 0.173 e. The van der Waals surface area contributed by atoms with Crippen molar-refractivity contribution in [1.29, 1.82) is 0 Å². The predicted molar refractivity (Wildman–Crippen MR) is 53.0 cm³/mol. The van der Waals surface area contributed by atoms with Crippen molar-refractivity contribution in [3.05, 3.63) is 16.1 Å². The molecule has 1 aromatic heterocycles. The molecule has 0 amide bonds. The van der Waals surface area contributed by atoms with Crippen LogP contribution >= 0.6 is 32.6 Å². The first-order valence-corrected chi connectivity index (χ1v) is 5.71. The van der Waals surface area contributed by atoms with Crippen LogP contribution in [0.2, 0.25) is 0 Å². The molecule has 0 saturated carbocycles. The van der Waals surface area contributed by atoms with Crippen LogP contribution in [0.5, 0.6) is 0 Å². The predicted octanol–water partition coefficient (Wildman–Crippen LogP) is 1.79. The molecule has 58 valence electrons. The standard InChI is InChI=1S/C5H5IN4S/c1-3-7-2-4(11-3)5-8-6-10-9-5/h2H,1H3,(H,8,9,10). The highest BCUT2D eigenvalue weighted by molar-refractivity contribution is 14.1. The lowest BCUT2D eigenvalue weighted by Crippen LogP contribution is -2.12. The summed E-state index contributed by atoms with van der Waals surface area (Å²) < 4.78 is 8.22. The summed E-state index contributed by atoms with van der Waals surface area (Å²) in [6, 6.07) is 0. The fourth-order valence-corrected chi connectivity index (χ4v) is 2.61. The van der Waals surface area contributed by atoms with Crippen LogP contribution in [0.1, 0.15) is 9.88 Å². The molecule has 2 rings (SSSR count). The summed E-state index contributed by atoms with van der Waals surface area (Å²) in [5.74, 6) is 0.892. The van der Waals surface area contributed by atoms with Gasteiger partial charge in [-0.2, -0.15) is 3.21 Å². The van der Waals surface area contributed by atoms with Gasteiger partial charge < -0.3 is 0 Å². The average molecular weight is 280 g/mol. The summed E-state index contributed by atoms with van der Waals surface area (Å²) >= 11 is 1.30. The van der Waals surface area contributed by atoms with Crippen LogP contribution in [0.3, 0.4) is 0 Å². The Bertz CT molecular complexity index is 329. The van der Waals surface area contributed by atoms with Gasteiger partial charge in [0.1, 0.15) is 0 Å². The van der Waals surface area contributed by atoms with Crippen LogP contribution in [0.15, 0.2) is 12.7 Å². The third-order valence-corrected chi connectivity index (χ3v) is 3.24. The van der Waals surface area contributed by atoms with Gasteiger partial charge in [-0.1, -0.05) is 0 Å². The minimum absolute atomic E-state index is 0.334. The van der Waals surface area contributed by atoms with E-state index in [0.29, 0.717) is 0 Å². The third kappa shape index (κ3) is 1.45. The molecular weight excluding hydrogens is 275 g/mol. The molecule has 1 N–H and O–H groups in total. The molecule has 0 unspecified atom stereocenters. The first kappa shape index (κ1) is 7.29. The fraction of sp³-hybridized carbons (Fsp3) is 0.200. The monoisotopic (exact) mass is 280 g/mol. The summed E-state index contributed by atoms with van der Waals surface area (Å²) in [5.41, 5.74) is 2.88. The normalized spacial score (nSPS) is 15.5. The van der Waals surface area contributed by atoms with E-state index in [1.807, 2.05) is 13.1 Å². The van der Waals surface area contributed by atoms with Crippen LogP contribution < -0.4 is 5.43 Å². The maximum atomic E-state index is 4.24. The molecule has 6 heteroatoms. The smallest absolute Gasteiger partial charge is 0.173 e. The second kappa shape index (κ2) is 2.94. The van der Waals surface area contributed by atoms with Crippen molar-refractivity contribution in [3.63, 3.8) is 0 Å². The van der Waals surface area contributed by atoms with Gasteiger partial charge in [0.2, 0.25) is 0 Å². The average Bonchev–Trinajstić information content (AvgIpc) is 2.55. The quantitative estimate of drug-likeness (QED) is 0.797. The number of aryl methyl sites for hydroxylation is 1. The number of nitrogens with zero attached hydrogens (tertiary/aromatic N) is 3. The Morgan fingerprint density at radius 1 is 1.64 bits per heavy atom. The lowest BCUT2D eigenvalue weighted by molar-refractivity contribution is 1.09. The molecule has 0 atom stereocenters. The van der Waals surface area contributed by atoms with E-state index in [4.69, 9.17) is 0 Å². The molecule has 1 aromatic rings. The SMILES string of the molecule is Cc1ncc(C2=NI=NN2)s1. The van der Waals surface area contributed by atoms with Gasteiger partial charge in [-0.05, 0) is 6.92 Å². The zero-order valence-corrected chi connectivity index (χ0v) is 8.68. The van der Waals surface area contributed by atoms with Crippen LogP contribution in [0.25, 0.3) is 0 Å². The van der Waals surface area contributed by atoms with Gasteiger partial charge in [-0.25, -0.2) is 4.98 Å². The summed E-state index contributed by atoms with van der Waals surface area (Å²) in [6.45, 7) is 1.98. The van der Waals surface area contributed by atoms with E-state index in [2.05, 4.69) is 16.9 Å². The zero-order chi connectivity index (χ0) is 7.68. The summed E-state index contributed by atoms with van der Waals surface area (Å²) in [6.07, 6.45) is 1.83. The van der Waals surface area contributed by atoms with E-state index in [1.54, 1.807) is 11.3 Å². The van der Waals surface area contributed by atoms with Crippen molar-refractivity contribution >= 4 is 38.5 Å². The van der Waals surface area contributed by atoms with Gasteiger partial charge in [-0.3, -0.25) is 5.43 Å². The highest BCUT2D eigenvalue weighted by Crippen LogP contribution is 2.17. The second-order valence-corrected chi connectivity index (χ2v) is 4.58. The molecule has 0 saturated heterocycles. The van der Waals surface area contributed by atoms with Crippen molar-refractivity contribution < 1.29 is 0 Å². The van der Waals surface area contributed by atoms with Crippen LogP contribution in [0, 0.1) is 6.92 Å². The Labute approximate surface area is 78.2 Å². The molecule has 0 aromatic carbocycles. The Hall–Kier alpha value is -0.370. The van der Waals surface area contributed by atoms with Crippen molar-refractivity contribution in [2.45, 2.75) is 6.92 Å². The molecule has 0 radical (unpaired) electrons. The van der Waals surface area contributed by atoms with Crippen molar-refractivity contribution in [2.24, 2.45) is 6.46 Å². The number of thiazole rings is 1. The van der Waals surface area contributed by atoms with E-state index >= 15 is 0 Å². The maximum absolute atomic E-state index is 4.24. The molecule has 2 heterocycles. The fourth-order valence-electron chi connectivity index (χ4n) is 0.702. The van der Waals surface area contributed by atoms with Crippen molar-refractivity contribution in [3.8, 4) is 0 Å². The number of halogens is 1. The number of rotatable bonds is 1. The van der Waals surface area contributed by atoms with E-state index in [9.17, 15) is 0 Å². The molecule has 0 aliphatic carbocycles. The molecular formula is C5H5IN4S. The first-order valence-electron chi connectivity index (χ1n) is 2.96. The molecule has 1 aliphatic heterocycles. The van der Waals surface area contributed by atoms with E-state index in [1.165, 1.54) is 0 Å². The Kier molecular flexibility index (Phi) is 1.95. The van der Waals surface area contributed by atoms with E-state index in [0.717, 1.165) is 15.7 Å². The van der Waals surface area contributed by atoms with E-state index in [-0.39, 0.29) is 21.3 Å². The van der Waals surface area contributed by atoms with Crippen molar-refractivity contribution in [2.75, 3.05) is 0 Å². The third-order valence-electron chi connectivity index (χ3n) is 1.16. The van der Waals surface area contributed by atoms with Gasteiger partial charge in [0.15, 0.2) is 27.1 Å². The minimum atomic E-state index is -0.334. The minimum Gasteiger partial charge on any atom is -0.253 e. The number of hydrogen-bond donors (Lipinski definition) is 1. The number of aromatic nitrogens is 1. The second-order valence-electron chi connectivity index (χ2n) is 1.95. The van der Waals surface area contributed by atoms with Gasteiger partial charge in [-0.15, -0.1) is 14.6 Å². The summed E-state index contributed by atoms with van der Waals surface area (Å²) in [4.78, 5) is 5.22. The van der Waals surface area contributed by atoms with Gasteiger partial charge in [0.25, 0.3) is 0 Å². The largest absolute Gasteiger partial charge is 0.253 e. The van der Waals surface area contributed by atoms with Gasteiger partial charge in [0.05, 0.1) is 9.88 Å². The lowest BCUT2D eigenvalue weighted by atomic mass is 10.5. The number of amidine groups is 1. The van der Waals surface area contributed by atoms with Crippen LogP contribution in [-0.4, -0.2) is 10.8 Å². The summed E-state index contributed by atoms with van der Waals surface area (Å²) in [7, 11) is 0. The van der Waals surface area contributed by atoms with E-state index < -0.39 is 0 Å². The topological polar surface area (TPSA) is 49.6 Å². The molecule has 0 spiro atoms. The van der Waals surface area contributed by atoms with Crippen LogP contribution in [0.4, 0.5) is 0 Å². The van der Waals surface area contributed by atoms with Gasteiger partial charge >= 0.3 is 0 Å². The number of hydrogen-bond acceptors (Lipinski definition) is 5. The molecule has 11 heavy (non-hydrogen) atoms. The molecule has 1 aliphatic rings. The molecule has 4 nitrogen and oxygen atoms in total. The van der Waals surface area contributed by atoms with Gasteiger partial charge in [0, 0.05) is 6.20 Å². The summed E-state index contributed by atoms with van der Waals surface area (Å²) in [5, 5.41) is 1.06. The Morgan fingerprint density at radius 3 is 3.09 bits per heavy atom. The zero-order valence-electron chi connectivity index (χ0n) is 5.71. The highest BCUT2D eigenvalue weighted by atomic mass is 127. The Balaban J connectivity index is 2.30. The lowest BCUT2D eigenvalue weighted by Gasteiger charge is -1.90. The Morgan fingerprint density at radius 2 is 2.55 bits per heavy atom. The number of nitrogens with one attached hydrogen (secondary N) is 1.